The van der Waals surface area contributed by atoms with Gasteiger partial charge in [-0.2, -0.15) is 0 Å². The van der Waals surface area contributed by atoms with Crippen molar-refractivity contribution in [2.24, 2.45) is 0 Å². The van der Waals surface area contributed by atoms with Crippen LogP contribution < -0.4 is 10.1 Å². The van der Waals surface area contributed by atoms with Crippen LogP contribution in [-0.2, 0) is 22.4 Å². The van der Waals surface area contributed by atoms with E-state index in [0.29, 0.717) is 5.82 Å². The number of unbranched alkanes of at least 4 members (excludes halogenated alkanes) is 4. The van der Waals surface area contributed by atoms with Crippen LogP contribution in [0.3, 0.4) is 0 Å². The Morgan fingerprint density at radius 2 is 1.57 bits per heavy atom. The predicted molar refractivity (Wildman–Crippen MR) is 176 cm³/mol. The monoisotopic (exact) mass is 607 g/mol. The van der Waals surface area contributed by atoms with Gasteiger partial charge in [-0.25, -0.2) is 14.8 Å². The lowest BCUT2D eigenvalue weighted by atomic mass is 10.0. The van der Waals surface area contributed by atoms with Crippen molar-refractivity contribution in [2.45, 2.75) is 57.9 Å². The number of carbonyl (C=O) groups is 2. The van der Waals surface area contributed by atoms with Crippen LogP contribution in [0.15, 0.2) is 91.3 Å². The summed E-state index contributed by atoms with van der Waals surface area (Å²) in [5.41, 5.74) is 3.54. The Bertz CT molecular complexity index is 1630. The van der Waals surface area contributed by atoms with Crippen LogP contribution in [0.2, 0.25) is 0 Å². The minimum Gasteiger partial charge on any atom is -0.494 e. The number of fused-ring (bicyclic) bond motifs is 1. The van der Waals surface area contributed by atoms with E-state index in [2.05, 4.69) is 22.2 Å². The van der Waals surface area contributed by atoms with Crippen molar-refractivity contribution in [3.05, 3.63) is 102 Å². The molecule has 0 aliphatic heterocycles. The fourth-order valence-electron chi connectivity index (χ4n) is 5.02. The van der Waals surface area contributed by atoms with Gasteiger partial charge in [0.05, 0.1) is 13.0 Å². The molecule has 0 fully saturated rings. The quantitative estimate of drug-likeness (QED) is 0.118. The highest BCUT2D eigenvalue weighted by Gasteiger charge is 2.21. The molecule has 0 unspecified atom stereocenters. The highest BCUT2D eigenvalue weighted by Crippen LogP contribution is 2.26. The third kappa shape index (κ3) is 8.51. The second kappa shape index (κ2) is 15.3. The summed E-state index contributed by atoms with van der Waals surface area (Å²) >= 11 is 1.54. The summed E-state index contributed by atoms with van der Waals surface area (Å²) in [6.45, 7) is 2.95. The second-order valence-electron chi connectivity index (χ2n) is 10.9. The SMILES string of the molecule is CCCCCCCOc1ccc(-c2cnc(-c3ccc(C[C@H](NC(=O)Cc4cc5ccccc5s4)C(=O)O)cc3)nc2)cc1. The maximum atomic E-state index is 12.7. The van der Waals surface area contributed by atoms with Crippen LogP contribution >= 0.6 is 11.3 Å². The van der Waals surface area contributed by atoms with Crippen LogP contribution in [-0.4, -0.2) is 39.6 Å². The van der Waals surface area contributed by atoms with E-state index in [1.165, 1.54) is 25.7 Å². The zero-order valence-electron chi connectivity index (χ0n) is 24.9. The Hall–Kier alpha value is -4.56. The van der Waals surface area contributed by atoms with Crippen LogP contribution in [0, 0.1) is 0 Å². The minimum atomic E-state index is -1.07. The van der Waals surface area contributed by atoms with E-state index in [-0.39, 0.29) is 18.7 Å². The molecule has 44 heavy (non-hydrogen) atoms. The summed E-state index contributed by atoms with van der Waals surface area (Å²) in [5, 5.41) is 13.5. The van der Waals surface area contributed by atoms with Crippen molar-refractivity contribution >= 4 is 33.3 Å². The number of carbonyl (C=O) groups excluding carboxylic acids is 1. The number of nitrogens with zero attached hydrogens (tertiary/aromatic N) is 2. The van der Waals surface area contributed by atoms with Gasteiger partial charge in [-0.3, -0.25) is 4.79 Å². The van der Waals surface area contributed by atoms with Gasteiger partial charge in [0.2, 0.25) is 5.91 Å². The van der Waals surface area contributed by atoms with Crippen LogP contribution in [0.5, 0.6) is 5.75 Å². The molecule has 226 valence electrons. The topological polar surface area (TPSA) is 101 Å². The first-order chi connectivity index (χ1) is 21.5. The Kier molecular flexibility index (Phi) is 10.7. The molecular weight excluding hydrogens is 570 g/mol. The second-order valence-corrected chi connectivity index (χ2v) is 12.0. The molecule has 0 bridgehead atoms. The summed E-state index contributed by atoms with van der Waals surface area (Å²) < 4.78 is 6.97. The smallest absolute Gasteiger partial charge is 0.326 e. The van der Waals surface area contributed by atoms with Gasteiger partial charge in [0.25, 0.3) is 0 Å². The van der Waals surface area contributed by atoms with Crippen molar-refractivity contribution in [1.29, 1.82) is 0 Å². The molecule has 1 amide bonds. The summed E-state index contributed by atoms with van der Waals surface area (Å²) in [6.07, 6.45) is 9.97. The summed E-state index contributed by atoms with van der Waals surface area (Å²) in [6, 6.07) is 24.3. The number of amides is 1. The molecule has 0 radical (unpaired) electrons. The van der Waals surface area contributed by atoms with Gasteiger partial charge < -0.3 is 15.2 Å². The number of benzene rings is 3. The number of rotatable bonds is 15. The van der Waals surface area contributed by atoms with Crippen LogP contribution in [0.4, 0.5) is 0 Å². The molecule has 5 aromatic rings. The minimum absolute atomic E-state index is 0.145. The van der Waals surface area contributed by atoms with Gasteiger partial charge in [0.1, 0.15) is 11.8 Å². The van der Waals surface area contributed by atoms with Gasteiger partial charge in [-0.1, -0.05) is 87.2 Å². The van der Waals surface area contributed by atoms with Crippen LogP contribution in [0.25, 0.3) is 32.6 Å². The summed E-state index contributed by atoms with van der Waals surface area (Å²) in [5.74, 6) is 0.0613. The number of ether oxygens (including phenoxy) is 1. The van der Waals surface area contributed by atoms with E-state index in [9.17, 15) is 14.7 Å². The Balaban J connectivity index is 1.13. The molecule has 8 heteroatoms. The first kappa shape index (κ1) is 30.9. The standard InChI is InChI=1S/C36H37N3O4S/c1-2-3-4-5-8-19-43-30-17-15-26(16-18-30)29-23-37-35(38-24-29)27-13-11-25(12-14-27)20-32(36(41)42)39-34(40)22-31-21-28-9-6-7-10-33(28)44-31/h6-7,9-18,21,23-24,32H,2-5,8,19-20,22H2,1H3,(H,39,40)(H,41,42)/t32-/m0/s1. The van der Waals surface area contributed by atoms with E-state index in [0.717, 1.165) is 56.0 Å². The fraction of sp³-hybridized carbons (Fsp3) is 0.278. The number of hydrogen-bond acceptors (Lipinski definition) is 6. The zero-order chi connectivity index (χ0) is 30.7. The lowest BCUT2D eigenvalue weighted by Crippen LogP contribution is -2.42. The molecule has 0 saturated heterocycles. The van der Waals surface area contributed by atoms with Crippen molar-refractivity contribution < 1.29 is 19.4 Å². The Labute approximate surface area is 262 Å². The van der Waals surface area contributed by atoms with Crippen LogP contribution in [0.1, 0.15) is 49.5 Å². The molecule has 5 rings (SSSR count). The van der Waals surface area contributed by atoms with Crippen molar-refractivity contribution in [2.75, 3.05) is 6.61 Å². The average molecular weight is 608 g/mol. The number of aromatic nitrogens is 2. The first-order valence-electron chi connectivity index (χ1n) is 15.1. The lowest BCUT2D eigenvalue weighted by Gasteiger charge is -2.14. The van der Waals surface area contributed by atoms with Crippen molar-refractivity contribution in [1.82, 2.24) is 15.3 Å². The van der Waals surface area contributed by atoms with E-state index in [4.69, 9.17) is 4.74 Å². The fourth-order valence-corrected chi connectivity index (χ4v) is 6.08. The Morgan fingerprint density at radius 1 is 0.864 bits per heavy atom. The average Bonchev–Trinajstić information content (AvgIpc) is 3.45. The molecule has 0 saturated carbocycles. The molecule has 2 N–H and O–H groups in total. The molecule has 0 spiro atoms. The highest BCUT2D eigenvalue weighted by molar-refractivity contribution is 7.19. The van der Waals surface area contributed by atoms with Gasteiger partial charge in [0.15, 0.2) is 5.82 Å². The van der Waals surface area contributed by atoms with Crippen molar-refractivity contribution in [3.8, 4) is 28.3 Å². The third-order valence-corrected chi connectivity index (χ3v) is 8.57. The lowest BCUT2D eigenvalue weighted by molar-refractivity contribution is -0.141. The van der Waals surface area contributed by atoms with Gasteiger partial charge >= 0.3 is 5.97 Å². The summed E-state index contributed by atoms with van der Waals surface area (Å²) in [4.78, 5) is 34.6. The van der Waals surface area contributed by atoms with E-state index < -0.39 is 12.0 Å². The maximum Gasteiger partial charge on any atom is 0.326 e. The van der Waals surface area contributed by atoms with Gasteiger partial charge in [-0.05, 0) is 47.2 Å². The predicted octanol–water partition coefficient (Wildman–Crippen LogP) is 7.73. The number of nitrogens with one attached hydrogen (secondary N) is 1. The number of carboxylic acids is 1. The highest BCUT2D eigenvalue weighted by atomic mass is 32.1. The van der Waals surface area contributed by atoms with E-state index in [1.807, 2.05) is 78.9 Å². The summed E-state index contributed by atoms with van der Waals surface area (Å²) in [7, 11) is 0. The molecule has 2 aromatic heterocycles. The molecular formula is C36H37N3O4S. The molecule has 1 atom stereocenters. The molecule has 0 aliphatic carbocycles. The van der Waals surface area contributed by atoms with E-state index >= 15 is 0 Å². The first-order valence-corrected chi connectivity index (χ1v) is 15.9. The molecule has 3 aromatic carbocycles. The maximum absolute atomic E-state index is 12.7. The molecule has 7 nitrogen and oxygen atoms in total. The molecule has 2 heterocycles. The van der Waals surface area contributed by atoms with Gasteiger partial charge in [0, 0.05) is 39.5 Å². The van der Waals surface area contributed by atoms with Gasteiger partial charge in [-0.15, -0.1) is 11.3 Å². The number of carboxylic acid groups (broad SMARTS) is 1. The zero-order valence-corrected chi connectivity index (χ0v) is 25.7. The normalized spacial score (nSPS) is 11.8. The Morgan fingerprint density at radius 3 is 2.27 bits per heavy atom. The van der Waals surface area contributed by atoms with E-state index in [1.54, 1.807) is 23.7 Å². The van der Waals surface area contributed by atoms with Crippen molar-refractivity contribution in [3.63, 3.8) is 0 Å². The third-order valence-electron chi connectivity index (χ3n) is 7.45. The largest absolute Gasteiger partial charge is 0.494 e. The number of hydrogen-bond donors (Lipinski definition) is 2. The number of thiophene rings is 1. The number of aliphatic carboxylic acids is 1. The molecule has 0 aliphatic rings.